The minimum absolute atomic E-state index is 0.0490. The molecule has 0 aromatic heterocycles. The summed E-state index contributed by atoms with van der Waals surface area (Å²) in [7, 11) is 0. The molecule has 5 nitrogen and oxygen atoms in total. The minimum Gasteiger partial charge on any atom is -0.435 e. The maximum Gasteiger partial charge on any atom is 0.387 e. The van der Waals surface area contributed by atoms with E-state index in [1.54, 1.807) is 19.9 Å². The first-order chi connectivity index (χ1) is 12.7. The Bertz CT molecular complexity index is 808. The second-order valence-corrected chi connectivity index (χ2v) is 6.62. The SMILES string of the molecule is CC(=O)NC(C)(C)C(=O)Nc1ccc(OC(F)F)c(Cc2ccccc2)c1. The number of halogens is 2. The highest BCUT2D eigenvalue weighted by Gasteiger charge is 2.28. The molecule has 2 N–H and O–H groups in total. The first-order valence-electron chi connectivity index (χ1n) is 8.39. The Labute approximate surface area is 156 Å². The fourth-order valence-electron chi connectivity index (χ4n) is 2.61. The molecular weight excluding hydrogens is 354 g/mol. The van der Waals surface area contributed by atoms with E-state index < -0.39 is 18.1 Å². The van der Waals surface area contributed by atoms with Crippen molar-refractivity contribution in [2.75, 3.05) is 5.32 Å². The summed E-state index contributed by atoms with van der Waals surface area (Å²) in [6, 6.07) is 13.8. The van der Waals surface area contributed by atoms with Gasteiger partial charge in [-0.15, -0.1) is 0 Å². The Hall–Kier alpha value is -2.96. The molecular formula is C20H22F2N2O3. The van der Waals surface area contributed by atoms with Gasteiger partial charge in [0, 0.05) is 24.6 Å². The lowest BCUT2D eigenvalue weighted by Crippen LogP contribution is -2.51. The Morgan fingerprint density at radius 3 is 2.37 bits per heavy atom. The van der Waals surface area contributed by atoms with E-state index in [1.165, 1.54) is 19.1 Å². The lowest BCUT2D eigenvalue weighted by molar-refractivity contribution is -0.128. The molecule has 144 valence electrons. The molecule has 7 heteroatoms. The van der Waals surface area contributed by atoms with Crippen molar-refractivity contribution >= 4 is 17.5 Å². The lowest BCUT2D eigenvalue weighted by atomic mass is 10.0. The number of rotatable bonds is 7. The van der Waals surface area contributed by atoms with Crippen molar-refractivity contribution in [3.8, 4) is 5.75 Å². The summed E-state index contributed by atoms with van der Waals surface area (Å²) in [5.74, 6) is -0.709. The fourth-order valence-corrected chi connectivity index (χ4v) is 2.61. The standard InChI is InChI=1S/C20H22F2N2O3/c1-13(25)24-20(2,3)18(26)23-16-9-10-17(27-19(21)22)15(12-16)11-14-7-5-4-6-8-14/h4-10,12,19H,11H2,1-3H3,(H,23,26)(H,24,25). The average Bonchev–Trinajstić information content (AvgIpc) is 2.56. The largest absolute Gasteiger partial charge is 0.435 e. The van der Waals surface area contributed by atoms with E-state index in [-0.39, 0.29) is 11.7 Å². The first-order valence-corrected chi connectivity index (χ1v) is 8.39. The summed E-state index contributed by atoms with van der Waals surface area (Å²) in [6.07, 6.45) is 0.363. The Balaban J connectivity index is 2.26. The second kappa shape index (κ2) is 8.62. The summed E-state index contributed by atoms with van der Waals surface area (Å²) in [4.78, 5) is 23.7. The zero-order valence-corrected chi connectivity index (χ0v) is 15.4. The Kier molecular flexibility index (Phi) is 6.50. The van der Waals surface area contributed by atoms with Crippen molar-refractivity contribution in [2.45, 2.75) is 39.3 Å². The molecule has 0 aliphatic carbocycles. The zero-order valence-electron chi connectivity index (χ0n) is 15.4. The maximum absolute atomic E-state index is 12.7. The van der Waals surface area contributed by atoms with Crippen LogP contribution in [0.15, 0.2) is 48.5 Å². The third kappa shape index (κ3) is 6.06. The van der Waals surface area contributed by atoms with Gasteiger partial charge in [-0.2, -0.15) is 8.78 Å². The maximum atomic E-state index is 12.7. The Morgan fingerprint density at radius 2 is 1.78 bits per heavy atom. The number of amides is 2. The molecule has 0 spiro atoms. The first kappa shape index (κ1) is 20.4. The van der Waals surface area contributed by atoms with E-state index in [4.69, 9.17) is 0 Å². The van der Waals surface area contributed by atoms with Gasteiger partial charge in [0.05, 0.1) is 0 Å². The number of ether oxygens (including phenoxy) is 1. The van der Waals surface area contributed by atoms with Crippen LogP contribution in [0.4, 0.5) is 14.5 Å². The van der Waals surface area contributed by atoms with Crippen LogP contribution in [0.3, 0.4) is 0 Å². The van der Waals surface area contributed by atoms with Gasteiger partial charge in [-0.1, -0.05) is 30.3 Å². The Morgan fingerprint density at radius 1 is 1.11 bits per heavy atom. The van der Waals surface area contributed by atoms with E-state index in [0.29, 0.717) is 17.7 Å². The van der Waals surface area contributed by atoms with Crippen molar-refractivity contribution in [3.63, 3.8) is 0 Å². The highest BCUT2D eigenvalue weighted by Crippen LogP contribution is 2.27. The molecule has 0 bridgehead atoms. The van der Waals surface area contributed by atoms with E-state index in [0.717, 1.165) is 5.56 Å². The predicted molar refractivity (Wildman–Crippen MR) is 98.8 cm³/mol. The van der Waals surface area contributed by atoms with Crippen LogP contribution in [0.1, 0.15) is 31.9 Å². The van der Waals surface area contributed by atoms with Crippen LogP contribution in [0.25, 0.3) is 0 Å². The van der Waals surface area contributed by atoms with Gasteiger partial charge in [-0.3, -0.25) is 9.59 Å². The molecule has 0 aliphatic heterocycles. The number of hydrogen-bond donors (Lipinski definition) is 2. The topological polar surface area (TPSA) is 67.4 Å². The summed E-state index contributed by atoms with van der Waals surface area (Å²) < 4.78 is 30.0. The van der Waals surface area contributed by atoms with Crippen molar-refractivity contribution in [2.24, 2.45) is 0 Å². The summed E-state index contributed by atoms with van der Waals surface area (Å²) in [5.41, 5.74) is 0.727. The molecule has 0 aliphatic rings. The quantitative estimate of drug-likeness (QED) is 0.774. The number of anilines is 1. The number of alkyl halides is 2. The monoisotopic (exact) mass is 376 g/mol. The van der Waals surface area contributed by atoms with Gasteiger partial charge in [0.2, 0.25) is 11.8 Å². The average molecular weight is 376 g/mol. The molecule has 0 saturated carbocycles. The van der Waals surface area contributed by atoms with Gasteiger partial charge < -0.3 is 15.4 Å². The molecule has 2 aromatic rings. The summed E-state index contributed by atoms with van der Waals surface area (Å²) in [5, 5.41) is 5.25. The van der Waals surface area contributed by atoms with Crippen molar-refractivity contribution in [1.82, 2.24) is 5.32 Å². The third-order valence-electron chi connectivity index (χ3n) is 3.83. The molecule has 2 amide bonds. The third-order valence-corrected chi connectivity index (χ3v) is 3.83. The van der Waals surface area contributed by atoms with Crippen LogP contribution in [0.5, 0.6) is 5.75 Å². The zero-order chi connectivity index (χ0) is 20.0. The molecule has 0 unspecified atom stereocenters. The van der Waals surface area contributed by atoms with Crippen molar-refractivity contribution in [1.29, 1.82) is 0 Å². The van der Waals surface area contributed by atoms with Crippen LogP contribution >= 0.6 is 0 Å². The van der Waals surface area contributed by atoms with Crippen LogP contribution in [-0.2, 0) is 16.0 Å². The van der Waals surface area contributed by atoms with E-state index >= 15 is 0 Å². The fraction of sp³-hybridized carbons (Fsp3) is 0.300. The molecule has 0 saturated heterocycles. The lowest BCUT2D eigenvalue weighted by Gasteiger charge is -2.24. The van der Waals surface area contributed by atoms with E-state index in [2.05, 4.69) is 15.4 Å². The van der Waals surface area contributed by atoms with Gasteiger partial charge in [0.15, 0.2) is 0 Å². The number of benzene rings is 2. The molecule has 0 fully saturated rings. The van der Waals surface area contributed by atoms with E-state index in [9.17, 15) is 18.4 Å². The predicted octanol–water partition coefficient (Wildman–Crippen LogP) is 3.73. The van der Waals surface area contributed by atoms with Gasteiger partial charge in [0.1, 0.15) is 11.3 Å². The van der Waals surface area contributed by atoms with Crippen LogP contribution < -0.4 is 15.4 Å². The second-order valence-electron chi connectivity index (χ2n) is 6.62. The normalized spacial score (nSPS) is 11.2. The number of carbonyl (C=O) groups excluding carboxylic acids is 2. The highest BCUT2D eigenvalue weighted by atomic mass is 19.3. The molecule has 0 atom stereocenters. The molecule has 27 heavy (non-hydrogen) atoms. The van der Waals surface area contributed by atoms with Crippen LogP contribution in [0.2, 0.25) is 0 Å². The molecule has 0 heterocycles. The molecule has 0 radical (unpaired) electrons. The van der Waals surface area contributed by atoms with Gasteiger partial charge in [-0.05, 0) is 37.6 Å². The molecule has 2 rings (SSSR count). The van der Waals surface area contributed by atoms with Gasteiger partial charge in [-0.25, -0.2) is 0 Å². The number of nitrogens with one attached hydrogen (secondary N) is 2. The number of carbonyl (C=O) groups is 2. The van der Waals surface area contributed by atoms with E-state index in [1.807, 2.05) is 30.3 Å². The number of hydrogen-bond acceptors (Lipinski definition) is 3. The van der Waals surface area contributed by atoms with Crippen LogP contribution in [-0.4, -0.2) is 24.0 Å². The smallest absolute Gasteiger partial charge is 0.387 e. The van der Waals surface area contributed by atoms with Crippen molar-refractivity contribution < 1.29 is 23.1 Å². The molecule has 2 aromatic carbocycles. The van der Waals surface area contributed by atoms with Gasteiger partial charge >= 0.3 is 6.61 Å². The van der Waals surface area contributed by atoms with Gasteiger partial charge in [0.25, 0.3) is 0 Å². The van der Waals surface area contributed by atoms with Crippen molar-refractivity contribution in [3.05, 3.63) is 59.7 Å². The highest BCUT2D eigenvalue weighted by molar-refractivity contribution is 5.99. The minimum atomic E-state index is -2.95. The summed E-state index contributed by atoms with van der Waals surface area (Å²) in [6.45, 7) is 1.52. The van der Waals surface area contributed by atoms with Crippen LogP contribution in [0, 0.1) is 0 Å². The summed E-state index contributed by atoms with van der Waals surface area (Å²) >= 11 is 0.